The van der Waals surface area contributed by atoms with Crippen LogP contribution >= 0.6 is 12.4 Å². The van der Waals surface area contributed by atoms with Gasteiger partial charge in [0, 0.05) is 25.0 Å². The quantitative estimate of drug-likeness (QED) is 0.821. The molecule has 2 heterocycles. The van der Waals surface area contributed by atoms with Gasteiger partial charge in [0.25, 0.3) is 0 Å². The fourth-order valence-electron chi connectivity index (χ4n) is 3.62. The van der Waals surface area contributed by atoms with Crippen LogP contribution in [-0.4, -0.2) is 47.9 Å². The molecule has 0 aromatic rings. The van der Waals surface area contributed by atoms with Crippen molar-refractivity contribution < 1.29 is 9.59 Å². The highest BCUT2D eigenvalue weighted by Gasteiger charge is 2.40. The monoisotopic (exact) mass is 329 g/mol. The maximum absolute atomic E-state index is 12.5. The normalized spacial score (nSPS) is 29.0. The molecule has 0 aromatic heterocycles. The van der Waals surface area contributed by atoms with Gasteiger partial charge in [-0.15, -0.1) is 12.4 Å². The highest BCUT2D eigenvalue weighted by Crippen LogP contribution is 2.32. The van der Waals surface area contributed by atoms with Crippen LogP contribution in [0.25, 0.3) is 0 Å². The molecule has 3 aliphatic rings. The van der Waals surface area contributed by atoms with E-state index in [0.717, 1.165) is 64.6 Å². The first-order chi connectivity index (χ1) is 10.1. The number of nitrogens with zero attached hydrogens (tertiary/aromatic N) is 1. The van der Waals surface area contributed by atoms with E-state index >= 15 is 0 Å². The van der Waals surface area contributed by atoms with Crippen molar-refractivity contribution in [1.82, 2.24) is 15.5 Å². The number of rotatable bonds is 4. The number of nitrogens with one attached hydrogen (secondary N) is 2. The van der Waals surface area contributed by atoms with Gasteiger partial charge in [-0.05, 0) is 51.5 Å². The number of hydrogen-bond donors (Lipinski definition) is 2. The summed E-state index contributed by atoms with van der Waals surface area (Å²) >= 11 is 0. The van der Waals surface area contributed by atoms with Gasteiger partial charge >= 0.3 is 0 Å². The fourth-order valence-corrected chi connectivity index (χ4v) is 3.62. The van der Waals surface area contributed by atoms with Gasteiger partial charge < -0.3 is 15.5 Å². The van der Waals surface area contributed by atoms with Crippen LogP contribution in [0.1, 0.15) is 51.9 Å². The average Bonchev–Trinajstić information content (AvgIpc) is 3.24. The molecule has 0 bridgehead atoms. The van der Waals surface area contributed by atoms with Crippen LogP contribution in [-0.2, 0) is 9.59 Å². The summed E-state index contributed by atoms with van der Waals surface area (Å²) in [4.78, 5) is 26.6. The number of carbonyl (C=O) groups excluding carboxylic acids is 2. The third kappa shape index (κ3) is 3.57. The van der Waals surface area contributed by atoms with Crippen LogP contribution in [0.5, 0.6) is 0 Å². The average molecular weight is 330 g/mol. The van der Waals surface area contributed by atoms with Gasteiger partial charge in [0.2, 0.25) is 11.8 Å². The Kier molecular flexibility index (Phi) is 5.72. The maximum atomic E-state index is 12.5. The molecule has 1 saturated carbocycles. The zero-order valence-electron chi connectivity index (χ0n) is 13.4. The van der Waals surface area contributed by atoms with Crippen molar-refractivity contribution in [3.8, 4) is 0 Å². The van der Waals surface area contributed by atoms with Crippen molar-refractivity contribution >= 4 is 24.2 Å². The van der Waals surface area contributed by atoms with Crippen molar-refractivity contribution in [2.45, 2.75) is 63.5 Å². The zero-order valence-corrected chi connectivity index (χ0v) is 14.2. The summed E-state index contributed by atoms with van der Waals surface area (Å²) in [5.41, 5.74) is -0.346. The summed E-state index contributed by atoms with van der Waals surface area (Å²) in [6.45, 7) is 4.62. The summed E-state index contributed by atoms with van der Waals surface area (Å²) in [7, 11) is 0. The highest BCUT2D eigenvalue weighted by atomic mass is 35.5. The van der Waals surface area contributed by atoms with Crippen molar-refractivity contribution in [2.24, 2.45) is 5.92 Å². The van der Waals surface area contributed by atoms with E-state index in [1.54, 1.807) is 0 Å². The van der Waals surface area contributed by atoms with E-state index in [4.69, 9.17) is 0 Å². The molecule has 126 valence electrons. The Hall–Kier alpha value is -0.810. The fraction of sp³-hybridized carbons (Fsp3) is 0.875. The molecule has 1 atom stereocenters. The van der Waals surface area contributed by atoms with E-state index in [9.17, 15) is 9.59 Å². The van der Waals surface area contributed by atoms with Crippen molar-refractivity contribution in [3.05, 3.63) is 0 Å². The third-order valence-electron chi connectivity index (χ3n) is 5.35. The predicted molar refractivity (Wildman–Crippen MR) is 88.0 cm³/mol. The van der Waals surface area contributed by atoms with E-state index in [2.05, 4.69) is 17.6 Å². The van der Waals surface area contributed by atoms with Gasteiger partial charge in [-0.25, -0.2) is 0 Å². The van der Waals surface area contributed by atoms with Crippen molar-refractivity contribution in [2.75, 3.05) is 19.6 Å². The van der Waals surface area contributed by atoms with Crippen LogP contribution in [0.15, 0.2) is 0 Å². The minimum Gasteiger partial charge on any atom is -0.352 e. The van der Waals surface area contributed by atoms with Gasteiger partial charge in [-0.2, -0.15) is 0 Å². The molecule has 2 N–H and O–H groups in total. The Morgan fingerprint density at radius 3 is 2.41 bits per heavy atom. The SMILES string of the molecule is CCC1(C(=O)NC2CCN(C(=O)C3CC3)CC2)CCCN1.Cl. The summed E-state index contributed by atoms with van der Waals surface area (Å²) < 4.78 is 0. The number of hydrogen-bond acceptors (Lipinski definition) is 3. The lowest BCUT2D eigenvalue weighted by atomic mass is 9.92. The predicted octanol–water partition coefficient (Wildman–Crippen LogP) is 1.46. The molecule has 0 aromatic carbocycles. The molecule has 0 spiro atoms. The standard InChI is InChI=1S/C16H27N3O2.ClH/c1-2-16(8-3-9-17-16)15(21)18-13-6-10-19(11-7-13)14(20)12-4-5-12;/h12-13,17H,2-11H2,1H3,(H,18,21);1H. The van der Waals surface area contributed by atoms with Gasteiger partial charge in [-0.1, -0.05) is 6.92 Å². The molecule has 3 fully saturated rings. The molecule has 5 nitrogen and oxygen atoms in total. The Bertz CT molecular complexity index is 412. The Labute approximate surface area is 139 Å². The first-order valence-corrected chi connectivity index (χ1v) is 8.49. The van der Waals surface area contributed by atoms with Crippen molar-refractivity contribution in [1.29, 1.82) is 0 Å². The molecular weight excluding hydrogens is 302 g/mol. The highest BCUT2D eigenvalue weighted by molar-refractivity contribution is 5.87. The van der Waals surface area contributed by atoms with E-state index in [1.165, 1.54) is 0 Å². The minimum absolute atomic E-state index is 0. The first kappa shape index (κ1) is 17.5. The lowest BCUT2D eigenvalue weighted by Crippen LogP contribution is -2.57. The topological polar surface area (TPSA) is 61.4 Å². The van der Waals surface area contributed by atoms with Crippen LogP contribution in [0, 0.1) is 5.92 Å². The van der Waals surface area contributed by atoms with E-state index in [-0.39, 0.29) is 29.9 Å². The van der Waals surface area contributed by atoms with Gasteiger partial charge in [0.05, 0.1) is 5.54 Å². The largest absolute Gasteiger partial charge is 0.352 e. The lowest BCUT2D eigenvalue weighted by molar-refractivity contribution is -0.134. The van der Waals surface area contributed by atoms with Gasteiger partial charge in [0.1, 0.15) is 0 Å². The molecule has 6 heteroatoms. The van der Waals surface area contributed by atoms with Crippen LogP contribution < -0.4 is 10.6 Å². The van der Waals surface area contributed by atoms with E-state index in [1.807, 2.05) is 4.90 Å². The third-order valence-corrected chi connectivity index (χ3v) is 5.35. The van der Waals surface area contributed by atoms with Crippen molar-refractivity contribution in [3.63, 3.8) is 0 Å². The molecule has 1 unspecified atom stereocenters. The van der Waals surface area contributed by atoms with Gasteiger partial charge in [0.15, 0.2) is 0 Å². The molecular formula is C16H28ClN3O2. The Morgan fingerprint density at radius 1 is 1.23 bits per heavy atom. The smallest absolute Gasteiger partial charge is 0.240 e. The van der Waals surface area contributed by atoms with Crippen LogP contribution in [0.2, 0.25) is 0 Å². The molecule has 3 rings (SSSR count). The summed E-state index contributed by atoms with van der Waals surface area (Å²) in [5.74, 6) is 0.805. The lowest BCUT2D eigenvalue weighted by Gasteiger charge is -2.35. The molecule has 2 aliphatic heterocycles. The number of piperidine rings is 1. The minimum atomic E-state index is -0.346. The second-order valence-corrected chi connectivity index (χ2v) is 6.81. The van der Waals surface area contributed by atoms with Crippen LogP contribution in [0.4, 0.5) is 0 Å². The van der Waals surface area contributed by atoms with Gasteiger partial charge in [-0.3, -0.25) is 9.59 Å². The van der Waals surface area contributed by atoms with Crippen LogP contribution in [0.3, 0.4) is 0 Å². The van der Waals surface area contributed by atoms with E-state index < -0.39 is 0 Å². The molecule has 0 radical (unpaired) electrons. The van der Waals surface area contributed by atoms with E-state index in [0.29, 0.717) is 11.8 Å². The summed E-state index contributed by atoms with van der Waals surface area (Å²) in [6.07, 6.45) is 6.79. The number of halogens is 1. The molecule has 2 amide bonds. The number of carbonyl (C=O) groups is 2. The number of likely N-dealkylation sites (tertiary alicyclic amines) is 1. The summed E-state index contributed by atoms with van der Waals surface area (Å²) in [6, 6.07) is 0.228. The Balaban J connectivity index is 0.00000176. The molecule has 1 aliphatic carbocycles. The summed E-state index contributed by atoms with van der Waals surface area (Å²) in [5, 5.41) is 6.60. The maximum Gasteiger partial charge on any atom is 0.240 e. The second-order valence-electron chi connectivity index (χ2n) is 6.81. The number of amides is 2. The second kappa shape index (κ2) is 7.18. The molecule has 22 heavy (non-hydrogen) atoms. The first-order valence-electron chi connectivity index (χ1n) is 8.49. The molecule has 2 saturated heterocycles. The Morgan fingerprint density at radius 2 is 1.91 bits per heavy atom. The zero-order chi connectivity index (χ0) is 14.9.